The number of non-ortho nitro benzene ring substituents is 1. The predicted octanol–water partition coefficient (Wildman–Crippen LogP) is 1.69. The number of anilines is 1. The third-order valence-corrected chi connectivity index (χ3v) is 2.35. The molecular weight excluding hydrogens is 242 g/mol. The molecule has 2 N–H and O–H groups in total. The van der Waals surface area contributed by atoms with Crippen molar-refractivity contribution < 1.29 is 15.0 Å². The van der Waals surface area contributed by atoms with Crippen molar-refractivity contribution in [2.45, 2.75) is 19.4 Å². The summed E-state index contributed by atoms with van der Waals surface area (Å²) in [5.74, 6) is 0. The van der Waals surface area contributed by atoms with Gasteiger partial charge in [0.05, 0.1) is 15.9 Å². The minimum absolute atomic E-state index is 0.0467. The molecule has 0 aliphatic rings. The number of hydrogen-bond donors (Lipinski definition) is 2. The predicted molar refractivity (Wildman–Crippen MR) is 64.5 cm³/mol. The number of hydrogen-bond acceptors (Lipinski definition) is 6. The maximum absolute atomic E-state index is 10.8. The van der Waals surface area contributed by atoms with Gasteiger partial charge in [0.25, 0.3) is 11.4 Å². The maximum Gasteiger partial charge on any atom is 0.299 e. The van der Waals surface area contributed by atoms with Gasteiger partial charge in [-0.2, -0.15) is 0 Å². The molecule has 98 valence electrons. The van der Waals surface area contributed by atoms with Gasteiger partial charge in [-0.15, -0.1) is 0 Å². The summed E-state index contributed by atoms with van der Waals surface area (Å²) in [5.41, 5.74) is -0.484. The zero-order valence-corrected chi connectivity index (χ0v) is 9.70. The van der Waals surface area contributed by atoms with Gasteiger partial charge < -0.3 is 10.4 Å². The largest absolute Gasteiger partial charge is 0.396 e. The second-order valence-electron chi connectivity index (χ2n) is 3.77. The zero-order chi connectivity index (χ0) is 13.7. The van der Waals surface area contributed by atoms with Gasteiger partial charge in [-0.05, 0) is 19.4 Å². The fraction of sp³-hybridized carbons (Fsp3) is 0.400. The molecule has 1 rings (SSSR count). The number of nitro benzene ring substituents is 2. The van der Waals surface area contributed by atoms with E-state index >= 15 is 0 Å². The molecule has 0 heterocycles. The van der Waals surface area contributed by atoms with Crippen LogP contribution in [0.15, 0.2) is 18.2 Å². The Morgan fingerprint density at radius 1 is 1.33 bits per heavy atom. The van der Waals surface area contributed by atoms with E-state index < -0.39 is 9.85 Å². The maximum atomic E-state index is 10.8. The molecule has 0 aliphatic carbocycles. The smallest absolute Gasteiger partial charge is 0.299 e. The molecule has 8 nitrogen and oxygen atoms in total. The van der Waals surface area contributed by atoms with E-state index in [0.717, 1.165) is 6.07 Å². The average molecular weight is 255 g/mol. The van der Waals surface area contributed by atoms with Crippen LogP contribution >= 0.6 is 0 Å². The molecule has 1 unspecified atom stereocenters. The van der Waals surface area contributed by atoms with Crippen molar-refractivity contribution in [1.29, 1.82) is 0 Å². The molecule has 1 aromatic rings. The van der Waals surface area contributed by atoms with E-state index in [0.29, 0.717) is 6.42 Å². The van der Waals surface area contributed by atoms with Gasteiger partial charge in [0.2, 0.25) is 0 Å². The zero-order valence-electron chi connectivity index (χ0n) is 9.70. The molecule has 0 radical (unpaired) electrons. The topological polar surface area (TPSA) is 119 Å². The van der Waals surface area contributed by atoms with Crippen molar-refractivity contribution in [2.24, 2.45) is 0 Å². The SMILES string of the molecule is CC(CCO)Nc1ccc([N+](=O)[O-])cc1[N+](=O)[O-]. The van der Waals surface area contributed by atoms with Crippen molar-refractivity contribution in [3.05, 3.63) is 38.4 Å². The number of rotatable bonds is 6. The minimum atomic E-state index is -0.687. The number of aliphatic hydroxyl groups excluding tert-OH is 1. The summed E-state index contributed by atoms with van der Waals surface area (Å²) < 4.78 is 0. The second kappa shape index (κ2) is 5.92. The lowest BCUT2D eigenvalue weighted by Gasteiger charge is -2.13. The number of aliphatic hydroxyl groups is 1. The molecule has 0 spiro atoms. The molecule has 18 heavy (non-hydrogen) atoms. The van der Waals surface area contributed by atoms with Crippen LogP contribution in [0.3, 0.4) is 0 Å². The first-order chi connectivity index (χ1) is 8.45. The Morgan fingerprint density at radius 3 is 2.50 bits per heavy atom. The first-order valence-electron chi connectivity index (χ1n) is 5.26. The molecule has 0 saturated carbocycles. The van der Waals surface area contributed by atoms with Crippen molar-refractivity contribution in [3.8, 4) is 0 Å². The molecule has 0 fully saturated rings. The van der Waals surface area contributed by atoms with E-state index in [1.54, 1.807) is 6.92 Å². The number of nitro groups is 2. The van der Waals surface area contributed by atoms with Gasteiger partial charge in [-0.1, -0.05) is 0 Å². The lowest BCUT2D eigenvalue weighted by molar-refractivity contribution is -0.393. The van der Waals surface area contributed by atoms with Gasteiger partial charge in [0.1, 0.15) is 5.69 Å². The highest BCUT2D eigenvalue weighted by Crippen LogP contribution is 2.29. The van der Waals surface area contributed by atoms with Crippen molar-refractivity contribution >= 4 is 17.1 Å². The highest BCUT2D eigenvalue weighted by Gasteiger charge is 2.20. The Labute approximate surface area is 103 Å². The molecule has 0 saturated heterocycles. The quantitative estimate of drug-likeness (QED) is 0.589. The summed E-state index contributed by atoms with van der Waals surface area (Å²) >= 11 is 0. The van der Waals surface area contributed by atoms with Crippen LogP contribution in [0.1, 0.15) is 13.3 Å². The lowest BCUT2D eigenvalue weighted by atomic mass is 10.2. The van der Waals surface area contributed by atoms with Gasteiger partial charge in [-0.3, -0.25) is 20.2 Å². The van der Waals surface area contributed by atoms with Crippen molar-refractivity contribution in [3.63, 3.8) is 0 Å². The minimum Gasteiger partial charge on any atom is -0.396 e. The van der Waals surface area contributed by atoms with E-state index in [9.17, 15) is 20.2 Å². The molecule has 1 atom stereocenters. The van der Waals surface area contributed by atoms with E-state index in [4.69, 9.17) is 5.11 Å². The monoisotopic (exact) mass is 255 g/mol. The van der Waals surface area contributed by atoms with E-state index in [1.807, 2.05) is 0 Å². The Hall–Kier alpha value is -2.22. The molecule has 8 heteroatoms. The highest BCUT2D eigenvalue weighted by molar-refractivity contribution is 5.65. The Balaban J connectivity index is 3.04. The normalized spacial score (nSPS) is 11.9. The summed E-state index contributed by atoms with van der Waals surface area (Å²) in [5, 5.41) is 33.0. The van der Waals surface area contributed by atoms with Gasteiger partial charge in [0, 0.05) is 18.7 Å². The first-order valence-corrected chi connectivity index (χ1v) is 5.26. The van der Waals surface area contributed by atoms with Gasteiger partial charge >= 0.3 is 0 Å². The summed E-state index contributed by atoms with van der Waals surface area (Å²) in [6.45, 7) is 1.70. The highest BCUT2D eigenvalue weighted by atomic mass is 16.6. The van der Waals surface area contributed by atoms with E-state index in [1.165, 1.54) is 12.1 Å². The molecule has 1 aromatic carbocycles. The Kier molecular flexibility index (Phi) is 4.55. The van der Waals surface area contributed by atoms with Crippen molar-refractivity contribution in [2.75, 3.05) is 11.9 Å². The third-order valence-electron chi connectivity index (χ3n) is 2.35. The molecule has 0 aromatic heterocycles. The van der Waals surface area contributed by atoms with Gasteiger partial charge in [0.15, 0.2) is 0 Å². The summed E-state index contributed by atoms with van der Waals surface area (Å²) in [7, 11) is 0. The Morgan fingerprint density at radius 2 is 2.00 bits per heavy atom. The van der Waals surface area contributed by atoms with E-state index in [2.05, 4.69) is 5.32 Å². The molecule has 0 amide bonds. The third kappa shape index (κ3) is 3.39. The molecular formula is C10H13N3O5. The van der Waals surface area contributed by atoms with Crippen LogP contribution in [0.25, 0.3) is 0 Å². The summed E-state index contributed by atoms with van der Waals surface area (Å²) in [4.78, 5) is 20.0. The first kappa shape index (κ1) is 13.8. The van der Waals surface area contributed by atoms with Gasteiger partial charge in [-0.25, -0.2) is 0 Å². The molecule has 0 bridgehead atoms. The fourth-order valence-corrected chi connectivity index (χ4v) is 1.44. The van der Waals surface area contributed by atoms with E-state index in [-0.39, 0.29) is 29.7 Å². The van der Waals surface area contributed by atoms with Crippen LogP contribution in [0, 0.1) is 20.2 Å². The van der Waals surface area contributed by atoms with Crippen LogP contribution in [0.5, 0.6) is 0 Å². The number of benzene rings is 1. The fourth-order valence-electron chi connectivity index (χ4n) is 1.44. The Bertz CT molecular complexity index is 463. The van der Waals surface area contributed by atoms with Crippen LogP contribution in [0.2, 0.25) is 0 Å². The average Bonchev–Trinajstić information content (AvgIpc) is 2.29. The van der Waals surface area contributed by atoms with Crippen LogP contribution in [0.4, 0.5) is 17.1 Å². The molecule has 0 aliphatic heterocycles. The van der Waals surface area contributed by atoms with Crippen LogP contribution in [-0.4, -0.2) is 27.6 Å². The number of nitrogens with one attached hydrogen (secondary N) is 1. The van der Waals surface area contributed by atoms with Crippen LogP contribution < -0.4 is 5.32 Å². The standard InChI is InChI=1S/C10H13N3O5/c1-7(4-5-14)11-9-3-2-8(12(15)16)6-10(9)13(17)18/h2-3,6-7,11,14H,4-5H2,1H3. The van der Waals surface area contributed by atoms with Crippen LogP contribution in [-0.2, 0) is 0 Å². The summed E-state index contributed by atoms with van der Waals surface area (Å²) in [6, 6.07) is 3.23. The number of nitrogens with zero attached hydrogens (tertiary/aromatic N) is 2. The summed E-state index contributed by atoms with van der Waals surface area (Å²) in [6.07, 6.45) is 0.425. The van der Waals surface area contributed by atoms with Crippen molar-refractivity contribution in [1.82, 2.24) is 0 Å². The second-order valence-corrected chi connectivity index (χ2v) is 3.77. The lowest BCUT2D eigenvalue weighted by Crippen LogP contribution is -2.17.